The molecule has 1 heterocycles. The van der Waals surface area contributed by atoms with Gasteiger partial charge in [-0.15, -0.1) is 0 Å². The van der Waals surface area contributed by atoms with Crippen molar-refractivity contribution in [3.8, 4) is 5.75 Å². The van der Waals surface area contributed by atoms with Gasteiger partial charge in [-0.2, -0.15) is 0 Å². The smallest absolute Gasteiger partial charge is 0.275 e. The zero-order valence-corrected chi connectivity index (χ0v) is 9.96. The van der Waals surface area contributed by atoms with E-state index in [4.69, 9.17) is 4.74 Å². The van der Waals surface area contributed by atoms with Crippen LogP contribution in [0.3, 0.4) is 0 Å². The van der Waals surface area contributed by atoms with E-state index in [9.17, 15) is 10.1 Å². The van der Waals surface area contributed by atoms with Crippen LogP contribution < -0.4 is 4.74 Å². The summed E-state index contributed by atoms with van der Waals surface area (Å²) in [6.45, 7) is 7.47. The molecule has 0 bridgehead atoms. The van der Waals surface area contributed by atoms with E-state index in [2.05, 4.69) is 0 Å². The first-order valence-electron chi connectivity index (χ1n) is 5.37. The first-order valence-corrected chi connectivity index (χ1v) is 5.37. The van der Waals surface area contributed by atoms with Gasteiger partial charge in [-0.3, -0.25) is 10.1 Å². The predicted molar refractivity (Wildman–Crippen MR) is 61.1 cm³/mol. The molecule has 1 unspecified atom stereocenters. The maximum Gasteiger partial charge on any atom is 0.275 e. The van der Waals surface area contributed by atoms with Crippen LogP contribution in [0.2, 0.25) is 0 Å². The maximum atomic E-state index is 11.0. The summed E-state index contributed by atoms with van der Waals surface area (Å²) in [5, 5.41) is 11.0. The van der Waals surface area contributed by atoms with Crippen molar-refractivity contribution >= 4 is 5.69 Å². The van der Waals surface area contributed by atoms with Crippen LogP contribution in [0, 0.1) is 30.9 Å². The van der Waals surface area contributed by atoms with Gasteiger partial charge in [0.15, 0.2) is 0 Å². The minimum Gasteiger partial charge on any atom is -0.490 e. The van der Waals surface area contributed by atoms with E-state index in [0.717, 1.165) is 34.4 Å². The summed E-state index contributed by atoms with van der Waals surface area (Å²) in [5.74, 6) is 0.855. The highest BCUT2D eigenvalue weighted by Gasteiger charge is 2.30. The van der Waals surface area contributed by atoms with Gasteiger partial charge in [0.2, 0.25) is 0 Å². The number of nitrogens with zero attached hydrogens (tertiary/aromatic N) is 1. The normalized spacial score (nSPS) is 18.1. The highest BCUT2D eigenvalue weighted by molar-refractivity contribution is 5.62. The van der Waals surface area contributed by atoms with Gasteiger partial charge < -0.3 is 4.74 Å². The van der Waals surface area contributed by atoms with E-state index < -0.39 is 0 Å². The molecular weight excluding hydrogens is 206 g/mol. The fourth-order valence-electron chi connectivity index (χ4n) is 2.38. The van der Waals surface area contributed by atoms with E-state index >= 15 is 0 Å². The molecule has 2 rings (SSSR count). The Morgan fingerprint density at radius 2 is 1.88 bits per heavy atom. The van der Waals surface area contributed by atoms with Gasteiger partial charge >= 0.3 is 0 Å². The SMILES string of the molecule is Cc1c(C)c([N+](=O)[O-])c(C)c2c1OC(C)C2. The lowest BCUT2D eigenvalue weighted by Crippen LogP contribution is -2.05. The van der Waals surface area contributed by atoms with E-state index in [1.165, 1.54) is 0 Å². The Labute approximate surface area is 94.4 Å². The summed E-state index contributed by atoms with van der Waals surface area (Å²) in [5.41, 5.74) is 3.62. The second-order valence-corrected chi connectivity index (χ2v) is 4.42. The predicted octanol–water partition coefficient (Wildman–Crippen LogP) is 2.84. The Bertz CT molecular complexity index is 480. The number of hydrogen-bond acceptors (Lipinski definition) is 3. The van der Waals surface area contributed by atoms with Crippen molar-refractivity contribution in [2.45, 2.75) is 40.2 Å². The van der Waals surface area contributed by atoms with Gasteiger partial charge in [0, 0.05) is 28.7 Å². The molecule has 4 nitrogen and oxygen atoms in total. The van der Waals surface area contributed by atoms with Gasteiger partial charge in [0.1, 0.15) is 11.9 Å². The summed E-state index contributed by atoms with van der Waals surface area (Å²) in [6.07, 6.45) is 0.886. The molecule has 86 valence electrons. The molecule has 0 aliphatic carbocycles. The summed E-state index contributed by atoms with van der Waals surface area (Å²) in [6, 6.07) is 0. The molecule has 0 amide bonds. The third-order valence-corrected chi connectivity index (χ3v) is 3.33. The average Bonchev–Trinajstić information content (AvgIpc) is 2.57. The quantitative estimate of drug-likeness (QED) is 0.541. The van der Waals surface area contributed by atoms with Crippen LogP contribution in [0.15, 0.2) is 0 Å². The fourth-order valence-corrected chi connectivity index (χ4v) is 2.38. The molecule has 0 aromatic heterocycles. The molecule has 0 N–H and O–H groups in total. The molecule has 1 aromatic rings. The van der Waals surface area contributed by atoms with Crippen LogP contribution in [-0.2, 0) is 6.42 Å². The van der Waals surface area contributed by atoms with Crippen molar-refractivity contribution in [1.82, 2.24) is 0 Å². The minimum absolute atomic E-state index is 0.119. The van der Waals surface area contributed by atoms with Crippen LogP contribution in [0.25, 0.3) is 0 Å². The summed E-state index contributed by atoms with van der Waals surface area (Å²) in [7, 11) is 0. The Kier molecular flexibility index (Phi) is 2.37. The zero-order chi connectivity index (χ0) is 12.0. The number of nitro benzene ring substituents is 1. The number of benzene rings is 1. The number of fused-ring (bicyclic) bond motifs is 1. The average molecular weight is 221 g/mol. The second kappa shape index (κ2) is 3.47. The Hall–Kier alpha value is -1.58. The van der Waals surface area contributed by atoms with Gasteiger partial charge in [0.05, 0.1) is 4.92 Å². The molecule has 0 spiro atoms. The van der Waals surface area contributed by atoms with Crippen molar-refractivity contribution < 1.29 is 9.66 Å². The van der Waals surface area contributed by atoms with Crippen molar-refractivity contribution in [3.05, 3.63) is 32.4 Å². The standard InChI is InChI=1S/C12H15NO3/c1-6-5-10-9(4)11(13(14)15)7(2)8(3)12(10)16-6/h6H,5H2,1-4H3. The molecular formula is C12H15NO3. The lowest BCUT2D eigenvalue weighted by Gasteiger charge is -2.11. The van der Waals surface area contributed by atoms with E-state index in [0.29, 0.717) is 0 Å². The minimum atomic E-state index is -0.291. The van der Waals surface area contributed by atoms with Crippen LogP contribution in [-0.4, -0.2) is 11.0 Å². The highest BCUT2D eigenvalue weighted by Crippen LogP contribution is 2.41. The first-order chi connectivity index (χ1) is 7.43. The lowest BCUT2D eigenvalue weighted by atomic mass is 9.95. The van der Waals surface area contributed by atoms with E-state index in [1.54, 1.807) is 6.92 Å². The van der Waals surface area contributed by atoms with Crippen molar-refractivity contribution in [2.24, 2.45) is 0 Å². The van der Waals surface area contributed by atoms with Gasteiger partial charge in [0.25, 0.3) is 5.69 Å². The Morgan fingerprint density at radius 1 is 1.25 bits per heavy atom. The molecule has 16 heavy (non-hydrogen) atoms. The van der Waals surface area contributed by atoms with Gasteiger partial charge in [-0.1, -0.05) is 0 Å². The molecule has 4 heteroatoms. The summed E-state index contributed by atoms with van der Waals surface area (Å²) >= 11 is 0. The highest BCUT2D eigenvalue weighted by atomic mass is 16.6. The first kappa shape index (κ1) is 10.9. The van der Waals surface area contributed by atoms with Crippen LogP contribution in [0.1, 0.15) is 29.2 Å². The molecule has 1 aromatic carbocycles. The van der Waals surface area contributed by atoms with Crippen molar-refractivity contribution in [1.29, 1.82) is 0 Å². The third-order valence-electron chi connectivity index (χ3n) is 3.33. The number of ether oxygens (including phenoxy) is 1. The monoisotopic (exact) mass is 221 g/mol. The Balaban J connectivity index is 2.74. The molecule has 1 aliphatic rings. The molecule has 0 saturated carbocycles. The maximum absolute atomic E-state index is 11.0. The fraction of sp³-hybridized carbons (Fsp3) is 0.500. The van der Waals surface area contributed by atoms with E-state index in [-0.39, 0.29) is 16.7 Å². The number of nitro groups is 1. The van der Waals surface area contributed by atoms with E-state index in [1.807, 2.05) is 20.8 Å². The van der Waals surface area contributed by atoms with Crippen LogP contribution in [0.5, 0.6) is 5.75 Å². The lowest BCUT2D eigenvalue weighted by molar-refractivity contribution is -0.386. The molecule has 0 radical (unpaired) electrons. The van der Waals surface area contributed by atoms with Crippen molar-refractivity contribution in [2.75, 3.05) is 0 Å². The largest absolute Gasteiger partial charge is 0.490 e. The topological polar surface area (TPSA) is 52.4 Å². The second-order valence-electron chi connectivity index (χ2n) is 4.42. The zero-order valence-electron chi connectivity index (χ0n) is 9.96. The summed E-state index contributed by atoms with van der Waals surface area (Å²) < 4.78 is 5.71. The molecule has 0 fully saturated rings. The Morgan fingerprint density at radius 3 is 2.44 bits per heavy atom. The summed E-state index contributed by atoms with van der Waals surface area (Å²) in [4.78, 5) is 10.8. The number of hydrogen-bond donors (Lipinski definition) is 0. The van der Waals surface area contributed by atoms with Crippen LogP contribution >= 0.6 is 0 Å². The van der Waals surface area contributed by atoms with Gasteiger partial charge in [-0.05, 0) is 27.7 Å². The molecule has 1 atom stereocenters. The number of rotatable bonds is 1. The molecule has 1 aliphatic heterocycles. The third kappa shape index (κ3) is 1.37. The van der Waals surface area contributed by atoms with Crippen molar-refractivity contribution in [3.63, 3.8) is 0 Å². The molecule has 0 saturated heterocycles. The van der Waals surface area contributed by atoms with Crippen LogP contribution in [0.4, 0.5) is 5.69 Å². The van der Waals surface area contributed by atoms with Gasteiger partial charge in [-0.25, -0.2) is 0 Å².